The third-order valence-electron chi connectivity index (χ3n) is 2.10. The molecule has 0 saturated heterocycles. The second-order valence-corrected chi connectivity index (χ2v) is 3.02. The molecule has 12 heavy (non-hydrogen) atoms. The maximum absolute atomic E-state index is 5.76. The molecule has 6 heteroatoms. The first kappa shape index (κ1) is 7.35. The molecule has 2 rings (SSSR count). The van der Waals surface area contributed by atoms with Gasteiger partial charge in [0.25, 0.3) is 0 Å². The summed E-state index contributed by atoms with van der Waals surface area (Å²) < 4.78 is 0. The van der Waals surface area contributed by atoms with Gasteiger partial charge in [0.1, 0.15) is 12.2 Å². The number of nitrogens with zero attached hydrogens (tertiary/aromatic N) is 3. The molecule has 66 valence electrons. The molecule has 2 aliphatic rings. The van der Waals surface area contributed by atoms with Gasteiger partial charge in [0.15, 0.2) is 12.1 Å². The number of nitrogens with two attached hydrogens (primary N) is 2. The van der Waals surface area contributed by atoms with Crippen molar-refractivity contribution in [1.29, 1.82) is 0 Å². The fourth-order valence-electron chi connectivity index (χ4n) is 1.45. The van der Waals surface area contributed by atoms with Gasteiger partial charge in [-0.25, -0.2) is 4.99 Å². The van der Waals surface area contributed by atoms with E-state index in [-0.39, 0.29) is 18.4 Å². The first-order chi connectivity index (χ1) is 5.68. The summed E-state index contributed by atoms with van der Waals surface area (Å²) in [4.78, 5) is 10.3. The van der Waals surface area contributed by atoms with Gasteiger partial charge >= 0.3 is 0 Å². The molecule has 0 saturated carbocycles. The predicted molar refractivity (Wildman–Crippen MR) is 46.6 cm³/mol. The second kappa shape index (κ2) is 2.34. The van der Waals surface area contributed by atoms with Crippen molar-refractivity contribution >= 4 is 12.3 Å². The number of likely N-dealkylation sites (N-methyl/N-ethyl adjacent to an activating group) is 1. The summed E-state index contributed by atoms with van der Waals surface area (Å²) >= 11 is 0. The Hall–Kier alpha value is -1.30. The molecule has 0 aromatic rings. The largest absolute Gasteiger partial charge is 0.370 e. The summed E-state index contributed by atoms with van der Waals surface area (Å²) in [5, 5.41) is 2.84. The highest BCUT2D eigenvalue weighted by molar-refractivity contribution is 5.80. The third-order valence-corrected chi connectivity index (χ3v) is 2.10. The Morgan fingerprint density at radius 3 is 3.17 bits per heavy atom. The molecule has 0 fully saturated rings. The quantitative estimate of drug-likeness (QED) is 0.385. The Morgan fingerprint density at radius 2 is 2.42 bits per heavy atom. The van der Waals surface area contributed by atoms with Crippen LogP contribution in [0, 0.1) is 0 Å². The van der Waals surface area contributed by atoms with E-state index in [2.05, 4.69) is 15.3 Å². The van der Waals surface area contributed by atoms with E-state index in [0.717, 1.165) is 0 Å². The minimum absolute atomic E-state index is 0.0118. The molecule has 0 aromatic heterocycles. The molecule has 3 unspecified atom stereocenters. The van der Waals surface area contributed by atoms with Crippen LogP contribution in [0.25, 0.3) is 0 Å². The van der Waals surface area contributed by atoms with E-state index in [1.807, 2.05) is 11.9 Å². The number of rotatable bonds is 0. The van der Waals surface area contributed by atoms with Crippen LogP contribution in [0.3, 0.4) is 0 Å². The van der Waals surface area contributed by atoms with Crippen LogP contribution in [0.5, 0.6) is 0 Å². The number of guanidine groups is 1. The number of hydrogen-bond donors (Lipinski definition) is 3. The van der Waals surface area contributed by atoms with Crippen molar-refractivity contribution < 1.29 is 0 Å². The van der Waals surface area contributed by atoms with Gasteiger partial charge in [-0.2, -0.15) is 0 Å². The van der Waals surface area contributed by atoms with Crippen molar-refractivity contribution in [2.75, 3.05) is 7.05 Å². The van der Waals surface area contributed by atoms with Gasteiger partial charge in [-0.05, 0) is 0 Å². The van der Waals surface area contributed by atoms with E-state index in [9.17, 15) is 0 Å². The zero-order chi connectivity index (χ0) is 8.72. The molecular formula is C6H12N6. The molecule has 3 atom stereocenters. The predicted octanol–water partition coefficient (Wildman–Crippen LogP) is -2.14. The lowest BCUT2D eigenvalue weighted by atomic mass is 10.1. The zero-order valence-corrected chi connectivity index (χ0v) is 6.81. The fourth-order valence-corrected chi connectivity index (χ4v) is 1.45. The lowest BCUT2D eigenvalue weighted by Crippen LogP contribution is -2.59. The SMILES string of the molecule is CN1C=NC2C(N)NC(N)=NC21. The van der Waals surface area contributed by atoms with E-state index in [4.69, 9.17) is 11.5 Å². The number of fused-ring (bicyclic) bond motifs is 1. The Labute approximate surface area is 70.3 Å². The number of nitrogens with one attached hydrogen (secondary N) is 1. The van der Waals surface area contributed by atoms with E-state index in [1.54, 1.807) is 6.34 Å². The van der Waals surface area contributed by atoms with Gasteiger partial charge in [-0.3, -0.25) is 4.99 Å². The molecule has 2 heterocycles. The second-order valence-electron chi connectivity index (χ2n) is 3.02. The zero-order valence-electron chi connectivity index (χ0n) is 6.81. The average Bonchev–Trinajstić information content (AvgIpc) is 2.33. The van der Waals surface area contributed by atoms with Crippen molar-refractivity contribution in [1.82, 2.24) is 10.2 Å². The molecule has 0 spiro atoms. The van der Waals surface area contributed by atoms with Crippen LogP contribution >= 0.6 is 0 Å². The van der Waals surface area contributed by atoms with Crippen molar-refractivity contribution in [3.63, 3.8) is 0 Å². The van der Waals surface area contributed by atoms with E-state index in [1.165, 1.54) is 0 Å². The smallest absolute Gasteiger partial charge is 0.192 e. The van der Waals surface area contributed by atoms with E-state index < -0.39 is 0 Å². The summed E-state index contributed by atoms with van der Waals surface area (Å²) in [6.07, 6.45) is 1.48. The van der Waals surface area contributed by atoms with Gasteiger partial charge < -0.3 is 21.7 Å². The van der Waals surface area contributed by atoms with Crippen molar-refractivity contribution in [3.05, 3.63) is 0 Å². The van der Waals surface area contributed by atoms with Crippen LogP contribution in [-0.4, -0.2) is 42.6 Å². The van der Waals surface area contributed by atoms with Gasteiger partial charge in [0, 0.05) is 7.05 Å². The summed E-state index contributed by atoms with van der Waals surface area (Å²) in [5.41, 5.74) is 11.3. The maximum atomic E-state index is 5.76. The van der Waals surface area contributed by atoms with Crippen molar-refractivity contribution in [2.24, 2.45) is 21.5 Å². The molecule has 0 bridgehead atoms. The normalized spacial score (nSPS) is 39.0. The van der Waals surface area contributed by atoms with Crippen molar-refractivity contribution in [3.8, 4) is 0 Å². The lowest BCUT2D eigenvalue weighted by Gasteiger charge is -2.30. The average molecular weight is 168 g/mol. The number of hydrogen-bond acceptors (Lipinski definition) is 6. The maximum Gasteiger partial charge on any atom is 0.192 e. The van der Waals surface area contributed by atoms with Crippen LogP contribution in [0.1, 0.15) is 0 Å². The summed E-state index contributed by atoms with van der Waals surface area (Å²) in [6.45, 7) is 0. The first-order valence-electron chi connectivity index (χ1n) is 3.79. The van der Waals surface area contributed by atoms with E-state index in [0.29, 0.717) is 5.96 Å². The monoisotopic (exact) mass is 168 g/mol. The summed E-state index contributed by atoms with van der Waals surface area (Å²) in [7, 11) is 1.91. The Balaban J connectivity index is 2.26. The molecule has 0 aromatic carbocycles. The molecule has 0 radical (unpaired) electrons. The van der Waals surface area contributed by atoms with Crippen LogP contribution < -0.4 is 16.8 Å². The van der Waals surface area contributed by atoms with Crippen LogP contribution in [-0.2, 0) is 0 Å². The summed E-state index contributed by atoms with van der Waals surface area (Å²) in [5.74, 6) is 0.390. The fraction of sp³-hybridized carbons (Fsp3) is 0.667. The van der Waals surface area contributed by atoms with E-state index >= 15 is 0 Å². The standard InChI is InChI=1S/C6H12N6/c1-12-2-9-3-4(7)10-6(8)11-5(3)12/h2-5H,7H2,1H3,(H3,8,10,11). The Morgan fingerprint density at radius 1 is 1.67 bits per heavy atom. The minimum Gasteiger partial charge on any atom is -0.370 e. The van der Waals surface area contributed by atoms with Gasteiger partial charge in [-0.15, -0.1) is 0 Å². The Kier molecular flexibility index (Phi) is 1.44. The van der Waals surface area contributed by atoms with Crippen LogP contribution in [0.2, 0.25) is 0 Å². The Bertz CT molecular complexity index is 246. The van der Waals surface area contributed by atoms with Gasteiger partial charge in [0.05, 0.1) is 6.34 Å². The highest BCUT2D eigenvalue weighted by Gasteiger charge is 2.36. The molecule has 0 amide bonds. The molecule has 0 aliphatic carbocycles. The molecular weight excluding hydrogens is 156 g/mol. The van der Waals surface area contributed by atoms with Gasteiger partial charge in [-0.1, -0.05) is 0 Å². The summed E-state index contributed by atoms with van der Waals surface area (Å²) in [6, 6.07) is -0.0118. The molecule has 6 nitrogen and oxygen atoms in total. The van der Waals surface area contributed by atoms with Crippen LogP contribution in [0.15, 0.2) is 9.98 Å². The lowest BCUT2D eigenvalue weighted by molar-refractivity contribution is 0.310. The van der Waals surface area contributed by atoms with Crippen molar-refractivity contribution in [2.45, 2.75) is 18.4 Å². The minimum atomic E-state index is -0.228. The first-order valence-corrected chi connectivity index (χ1v) is 3.79. The topological polar surface area (TPSA) is 92.0 Å². The molecule has 2 aliphatic heterocycles. The highest BCUT2D eigenvalue weighted by atomic mass is 15.4. The molecule has 5 N–H and O–H groups in total. The third kappa shape index (κ3) is 0.918. The van der Waals surface area contributed by atoms with Crippen LogP contribution in [0.4, 0.5) is 0 Å². The highest BCUT2D eigenvalue weighted by Crippen LogP contribution is 2.16. The van der Waals surface area contributed by atoms with Gasteiger partial charge in [0.2, 0.25) is 0 Å². The number of aliphatic imine (C=N–C) groups is 2.